The lowest BCUT2D eigenvalue weighted by Crippen LogP contribution is -2.42. The van der Waals surface area contributed by atoms with Crippen LogP contribution in [0.2, 0.25) is 0 Å². The van der Waals surface area contributed by atoms with Crippen LogP contribution in [0.25, 0.3) is 10.2 Å². The third-order valence-corrected chi connectivity index (χ3v) is 7.60. The second-order valence-electron chi connectivity index (χ2n) is 8.50. The van der Waals surface area contributed by atoms with Crippen molar-refractivity contribution in [3.63, 3.8) is 0 Å². The van der Waals surface area contributed by atoms with E-state index in [4.69, 9.17) is 4.98 Å². The van der Waals surface area contributed by atoms with E-state index in [9.17, 15) is 18.4 Å². The first-order valence-corrected chi connectivity index (χ1v) is 11.4. The number of thiophene rings is 1. The van der Waals surface area contributed by atoms with Crippen molar-refractivity contribution >= 4 is 27.5 Å². The molecule has 3 heterocycles. The largest absolute Gasteiger partial charge is 0.338 e. The molecule has 1 amide bonds. The van der Waals surface area contributed by atoms with Crippen LogP contribution in [0.1, 0.15) is 64.3 Å². The minimum Gasteiger partial charge on any atom is -0.338 e. The number of benzene rings is 1. The van der Waals surface area contributed by atoms with Crippen LogP contribution in [0.15, 0.2) is 23.0 Å². The Bertz CT molecular complexity index is 1230. The van der Waals surface area contributed by atoms with Crippen LogP contribution in [-0.2, 0) is 0 Å². The van der Waals surface area contributed by atoms with Gasteiger partial charge in [0.05, 0.1) is 5.39 Å². The highest BCUT2D eigenvalue weighted by atomic mass is 32.1. The molecule has 5 nitrogen and oxygen atoms in total. The number of likely N-dealkylation sites (tertiary alicyclic amines) is 1. The van der Waals surface area contributed by atoms with Gasteiger partial charge in [-0.2, -0.15) is 0 Å². The van der Waals surface area contributed by atoms with Gasteiger partial charge in [-0.3, -0.25) is 14.2 Å². The van der Waals surface area contributed by atoms with Crippen molar-refractivity contribution in [1.82, 2.24) is 14.5 Å². The van der Waals surface area contributed by atoms with E-state index >= 15 is 0 Å². The number of hydrogen-bond donors (Lipinski definition) is 0. The molecule has 2 aromatic heterocycles. The van der Waals surface area contributed by atoms with Crippen molar-refractivity contribution in [3.05, 3.63) is 62.0 Å². The zero-order valence-corrected chi connectivity index (χ0v) is 18.3. The summed E-state index contributed by atoms with van der Waals surface area (Å²) in [6.07, 6.45) is 3.17. The predicted octanol–water partition coefficient (Wildman–Crippen LogP) is 4.71. The summed E-state index contributed by atoms with van der Waals surface area (Å²) in [5, 5.41) is 0.693. The van der Waals surface area contributed by atoms with E-state index in [0.29, 0.717) is 37.2 Å². The SMILES string of the molecule is Cc1sc2nc(C3CC3)n(C3CCN(C(=O)c4c(F)cccc4F)CC3)c(=O)c2c1C. The number of hydrogen-bond acceptors (Lipinski definition) is 4. The summed E-state index contributed by atoms with van der Waals surface area (Å²) in [6.45, 7) is 4.65. The van der Waals surface area contributed by atoms with Crippen molar-refractivity contribution in [2.24, 2.45) is 0 Å². The second kappa shape index (κ2) is 7.51. The number of nitrogens with zero attached hydrogens (tertiary/aromatic N) is 3. The first kappa shape index (κ1) is 20.3. The number of fused-ring (bicyclic) bond motifs is 1. The lowest BCUT2D eigenvalue weighted by atomic mass is 10.0. The average molecular weight is 444 g/mol. The van der Waals surface area contributed by atoms with Crippen LogP contribution in [-0.4, -0.2) is 33.4 Å². The standard InChI is InChI=1S/C23H23F2N3O2S/c1-12-13(2)31-21-18(12)23(30)28(20(26-21)14-6-7-14)15-8-10-27(11-9-15)22(29)19-16(24)4-3-5-17(19)25/h3-5,14-15H,6-11H2,1-2H3. The number of halogens is 2. The minimum absolute atomic E-state index is 0.00123. The summed E-state index contributed by atoms with van der Waals surface area (Å²) < 4.78 is 29.9. The van der Waals surface area contributed by atoms with Gasteiger partial charge in [-0.15, -0.1) is 11.3 Å². The Balaban J connectivity index is 1.45. The Morgan fingerprint density at radius 3 is 2.35 bits per heavy atom. The van der Waals surface area contributed by atoms with Crippen molar-refractivity contribution in [2.45, 2.75) is 51.5 Å². The van der Waals surface area contributed by atoms with Crippen molar-refractivity contribution in [2.75, 3.05) is 13.1 Å². The number of aromatic nitrogens is 2. The highest BCUT2D eigenvalue weighted by Crippen LogP contribution is 2.41. The van der Waals surface area contributed by atoms with Gasteiger partial charge < -0.3 is 4.90 Å². The lowest BCUT2D eigenvalue weighted by molar-refractivity contribution is 0.0682. The number of carbonyl (C=O) groups is 1. The maximum atomic E-state index is 14.0. The lowest BCUT2D eigenvalue weighted by Gasteiger charge is -2.34. The highest BCUT2D eigenvalue weighted by molar-refractivity contribution is 7.18. The summed E-state index contributed by atoms with van der Waals surface area (Å²) in [6, 6.07) is 3.36. The van der Waals surface area contributed by atoms with E-state index in [1.165, 1.54) is 11.0 Å². The molecule has 1 aliphatic carbocycles. The van der Waals surface area contributed by atoms with E-state index in [2.05, 4.69) is 0 Å². The molecule has 2 aliphatic rings. The van der Waals surface area contributed by atoms with E-state index in [1.807, 2.05) is 18.4 Å². The monoisotopic (exact) mass is 443 g/mol. The molecule has 1 saturated heterocycles. The van der Waals surface area contributed by atoms with Crippen LogP contribution >= 0.6 is 11.3 Å². The van der Waals surface area contributed by atoms with Crippen molar-refractivity contribution in [3.8, 4) is 0 Å². The molecule has 1 aliphatic heterocycles. The van der Waals surface area contributed by atoms with E-state index in [1.54, 1.807) is 11.3 Å². The average Bonchev–Trinajstić information content (AvgIpc) is 3.54. The van der Waals surface area contributed by atoms with Gasteiger partial charge in [0.2, 0.25) is 0 Å². The van der Waals surface area contributed by atoms with E-state index in [0.717, 1.165) is 46.1 Å². The summed E-state index contributed by atoms with van der Waals surface area (Å²) in [4.78, 5) is 34.5. The van der Waals surface area contributed by atoms with Gasteiger partial charge in [-0.05, 0) is 57.2 Å². The maximum Gasteiger partial charge on any atom is 0.262 e. The molecule has 1 saturated carbocycles. The van der Waals surface area contributed by atoms with Crippen molar-refractivity contribution < 1.29 is 13.6 Å². The smallest absolute Gasteiger partial charge is 0.262 e. The van der Waals surface area contributed by atoms with Gasteiger partial charge in [0.1, 0.15) is 27.9 Å². The normalized spacial score (nSPS) is 17.5. The molecule has 1 aromatic carbocycles. The maximum absolute atomic E-state index is 14.0. The fraction of sp³-hybridized carbons (Fsp3) is 0.435. The molecule has 0 bridgehead atoms. The van der Waals surface area contributed by atoms with E-state index < -0.39 is 23.1 Å². The van der Waals surface area contributed by atoms with Gasteiger partial charge in [0.15, 0.2) is 0 Å². The zero-order valence-electron chi connectivity index (χ0n) is 17.5. The van der Waals surface area contributed by atoms with Crippen LogP contribution in [0.5, 0.6) is 0 Å². The molecule has 0 spiro atoms. The molecule has 0 radical (unpaired) electrons. The Labute approximate surface area is 182 Å². The minimum atomic E-state index is -0.850. The van der Waals surface area contributed by atoms with Gasteiger partial charge in [-0.1, -0.05) is 6.07 Å². The predicted molar refractivity (Wildman–Crippen MR) is 116 cm³/mol. The molecule has 3 aromatic rings. The van der Waals surface area contributed by atoms with Crippen molar-refractivity contribution in [1.29, 1.82) is 0 Å². The molecule has 31 heavy (non-hydrogen) atoms. The fourth-order valence-corrected chi connectivity index (χ4v) is 5.52. The molecular weight excluding hydrogens is 420 g/mol. The molecule has 0 N–H and O–H groups in total. The molecule has 5 rings (SSSR count). The Kier molecular flexibility index (Phi) is 4.92. The van der Waals surface area contributed by atoms with Crippen LogP contribution in [0.3, 0.4) is 0 Å². The topological polar surface area (TPSA) is 55.2 Å². The summed E-state index contributed by atoms with van der Waals surface area (Å²) in [5.41, 5.74) is 0.471. The fourth-order valence-electron chi connectivity index (χ4n) is 4.49. The third-order valence-electron chi connectivity index (χ3n) is 6.50. The van der Waals surface area contributed by atoms with E-state index in [-0.39, 0.29) is 11.6 Å². The quantitative estimate of drug-likeness (QED) is 0.589. The number of aryl methyl sites for hydroxylation is 2. The molecule has 0 unspecified atom stereocenters. The van der Waals surface area contributed by atoms with Gasteiger partial charge in [-0.25, -0.2) is 13.8 Å². The van der Waals surface area contributed by atoms with Gasteiger partial charge in [0, 0.05) is 29.9 Å². The first-order chi connectivity index (χ1) is 14.9. The Hall–Kier alpha value is -2.61. The molecule has 2 fully saturated rings. The van der Waals surface area contributed by atoms with Crippen LogP contribution in [0.4, 0.5) is 8.78 Å². The number of piperidine rings is 1. The van der Waals surface area contributed by atoms with Crippen LogP contribution < -0.4 is 5.56 Å². The second-order valence-corrected chi connectivity index (χ2v) is 9.71. The van der Waals surface area contributed by atoms with Gasteiger partial charge >= 0.3 is 0 Å². The Morgan fingerprint density at radius 1 is 1.10 bits per heavy atom. The molecule has 0 atom stereocenters. The molecular formula is C23H23F2N3O2S. The number of rotatable bonds is 3. The summed E-state index contributed by atoms with van der Waals surface area (Å²) >= 11 is 1.56. The third kappa shape index (κ3) is 3.37. The zero-order chi connectivity index (χ0) is 21.9. The highest BCUT2D eigenvalue weighted by Gasteiger charge is 2.35. The van der Waals surface area contributed by atoms with Gasteiger partial charge in [0.25, 0.3) is 11.5 Å². The number of amides is 1. The number of carbonyl (C=O) groups excluding carboxylic acids is 1. The summed E-state index contributed by atoms with van der Waals surface area (Å²) in [7, 11) is 0. The summed E-state index contributed by atoms with van der Waals surface area (Å²) in [5.74, 6) is -1.17. The molecule has 162 valence electrons. The Morgan fingerprint density at radius 2 is 1.74 bits per heavy atom. The molecule has 8 heteroatoms. The van der Waals surface area contributed by atoms with Crippen LogP contribution in [0, 0.1) is 25.5 Å². The first-order valence-electron chi connectivity index (χ1n) is 10.6.